The topological polar surface area (TPSA) is 26.0 Å². The van der Waals surface area contributed by atoms with E-state index >= 15 is 0 Å². The molecular weight excluding hydrogens is 192 g/mol. The molecule has 0 unspecified atom stereocenters. The van der Waals surface area contributed by atoms with E-state index in [0.29, 0.717) is 17.9 Å². The summed E-state index contributed by atoms with van der Waals surface area (Å²) in [5, 5.41) is 0. The Morgan fingerprint density at radius 2 is 2.08 bits per heavy atom. The Kier molecular flexibility index (Phi) is 4.18. The maximum Gasteiger partial charge on any atom is 0.130 e. The summed E-state index contributed by atoms with van der Waals surface area (Å²) >= 11 is 1.54. The molecule has 1 nitrogen and oxygen atoms in total. The van der Waals surface area contributed by atoms with Gasteiger partial charge in [-0.3, -0.25) is 0 Å². The van der Waals surface area contributed by atoms with Crippen LogP contribution in [0, 0.1) is 11.6 Å². The smallest absolute Gasteiger partial charge is 0.130 e. The summed E-state index contributed by atoms with van der Waals surface area (Å²) in [6.07, 6.45) is 0. The van der Waals surface area contributed by atoms with Crippen LogP contribution < -0.4 is 5.73 Å². The van der Waals surface area contributed by atoms with Gasteiger partial charge < -0.3 is 5.73 Å². The first-order valence-corrected chi connectivity index (χ1v) is 5.11. The van der Waals surface area contributed by atoms with Gasteiger partial charge in [-0.2, -0.15) is 11.8 Å². The van der Waals surface area contributed by atoms with Crippen LogP contribution in [-0.2, 0) is 5.75 Å². The van der Waals surface area contributed by atoms with Crippen molar-refractivity contribution in [1.29, 1.82) is 0 Å². The lowest BCUT2D eigenvalue weighted by molar-refractivity contribution is 0.576. The second-order valence-corrected chi connectivity index (χ2v) is 3.68. The largest absolute Gasteiger partial charge is 0.330 e. The molecule has 0 atom stereocenters. The quantitative estimate of drug-likeness (QED) is 0.759. The van der Waals surface area contributed by atoms with E-state index in [1.165, 1.54) is 23.9 Å². The molecule has 72 valence electrons. The van der Waals surface area contributed by atoms with Crippen LogP contribution in [0.3, 0.4) is 0 Å². The number of hydrogen-bond donors (Lipinski definition) is 1. The molecule has 2 N–H and O–H groups in total. The zero-order valence-electron chi connectivity index (χ0n) is 7.09. The first-order valence-electron chi connectivity index (χ1n) is 3.96. The molecule has 1 aromatic carbocycles. The SMILES string of the molecule is NCCSCc1ccc(F)cc1F. The van der Waals surface area contributed by atoms with E-state index in [1.54, 1.807) is 0 Å². The highest BCUT2D eigenvalue weighted by atomic mass is 32.2. The highest BCUT2D eigenvalue weighted by Crippen LogP contribution is 2.15. The summed E-state index contributed by atoms with van der Waals surface area (Å²) in [7, 11) is 0. The third-order valence-electron chi connectivity index (χ3n) is 1.53. The Bertz CT molecular complexity index is 278. The van der Waals surface area contributed by atoms with Gasteiger partial charge in [-0.15, -0.1) is 0 Å². The van der Waals surface area contributed by atoms with Crippen LogP contribution in [0.1, 0.15) is 5.56 Å². The lowest BCUT2D eigenvalue weighted by Gasteiger charge is -2.01. The van der Waals surface area contributed by atoms with Gasteiger partial charge in [0.05, 0.1) is 0 Å². The molecule has 0 aliphatic heterocycles. The fourth-order valence-corrected chi connectivity index (χ4v) is 1.67. The lowest BCUT2D eigenvalue weighted by Crippen LogP contribution is -2.01. The monoisotopic (exact) mass is 203 g/mol. The molecule has 0 amide bonds. The molecule has 0 heterocycles. The molecule has 0 aromatic heterocycles. The van der Waals surface area contributed by atoms with Gasteiger partial charge in [0.2, 0.25) is 0 Å². The predicted octanol–water partition coefficient (Wildman–Crippen LogP) is 2.16. The van der Waals surface area contributed by atoms with Gasteiger partial charge in [0.1, 0.15) is 11.6 Å². The van der Waals surface area contributed by atoms with Gasteiger partial charge >= 0.3 is 0 Å². The minimum atomic E-state index is -0.537. The van der Waals surface area contributed by atoms with Gasteiger partial charge in [0.25, 0.3) is 0 Å². The van der Waals surface area contributed by atoms with E-state index in [2.05, 4.69) is 0 Å². The highest BCUT2D eigenvalue weighted by Gasteiger charge is 2.02. The Hall–Kier alpha value is -0.610. The molecular formula is C9H11F2NS. The summed E-state index contributed by atoms with van der Waals surface area (Å²) in [6.45, 7) is 0.577. The van der Waals surface area contributed by atoms with Crippen molar-refractivity contribution in [3.05, 3.63) is 35.4 Å². The molecule has 0 saturated carbocycles. The minimum Gasteiger partial charge on any atom is -0.330 e. The van der Waals surface area contributed by atoms with E-state index in [0.717, 1.165) is 11.8 Å². The second-order valence-electron chi connectivity index (χ2n) is 2.58. The van der Waals surface area contributed by atoms with Crippen LogP contribution >= 0.6 is 11.8 Å². The van der Waals surface area contributed by atoms with Crippen molar-refractivity contribution < 1.29 is 8.78 Å². The van der Waals surface area contributed by atoms with Crippen LogP contribution in [0.15, 0.2) is 18.2 Å². The van der Waals surface area contributed by atoms with Crippen LogP contribution in [0.25, 0.3) is 0 Å². The summed E-state index contributed by atoms with van der Waals surface area (Å²) in [5.41, 5.74) is 5.81. The van der Waals surface area contributed by atoms with Crippen molar-refractivity contribution in [1.82, 2.24) is 0 Å². The summed E-state index contributed by atoms with van der Waals surface area (Å²) in [4.78, 5) is 0. The first kappa shape index (κ1) is 10.5. The molecule has 0 aliphatic carbocycles. The van der Waals surface area contributed by atoms with Crippen molar-refractivity contribution in [3.63, 3.8) is 0 Å². The van der Waals surface area contributed by atoms with Gasteiger partial charge in [-0.25, -0.2) is 8.78 Å². The van der Waals surface area contributed by atoms with Gasteiger partial charge in [-0.05, 0) is 11.6 Å². The Morgan fingerprint density at radius 3 is 2.69 bits per heavy atom. The average molecular weight is 203 g/mol. The van der Waals surface area contributed by atoms with E-state index < -0.39 is 11.6 Å². The molecule has 0 fully saturated rings. The number of rotatable bonds is 4. The van der Waals surface area contributed by atoms with Crippen LogP contribution in [0.5, 0.6) is 0 Å². The first-order chi connectivity index (χ1) is 6.24. The van der Waals surface area contributed by atoms with Gasteiger partial charge in [0, 0.05) is 24.1 Å². The molecule has 0 spiro atoms. The highest BCUT2D eigenvalue weighted by molar-refractivity contribution is 7.98. The average Bonchev–Trinajstić information content (AvgIpc) is 2.09. The molecule has 1 rings (SSSR count). The number of hydrogen-bond acceptors (Lipinski definition) is 2. The third-order valence-corrected chi connectivity index (χ3v) is 2.57. The summed E-state index contributed by atoms with van der Waals surface area (Å²) in [5.74, 6) is 0.315. The number of halogens is 2. The predicted molar refractivity (Wildman–Crippen MR) is 51.6 cm³/mol. The molecule has 0 saturated heterocycles. The molecule has 0 aliphatic rings. The second kappa shape index (κ2) is 5.19. The normalized spacial score (nSPS) is 10.4. The molecule has 1 aromatic rings. The van der Waals surface area contributed by atoms with Crippen molar-refractivity contribution in [2.75, 3.05) is 12.3 Å². The number of nitrogens with two attached hydrogens (primary N) is 1. The maximum absolute atomic E-state index is 13.0. The number of benzene rings is 1. The Balaban J connectivity index is 2.56. The fraction of sp³-hybridized carbons (Fsp3) is 0.333. The summed E-state index contributed by atoms with van der Waals surface area (Å²) < 4.78 is 25.5. The molecule has 0 bridgehead atoms. The Labute approximate surface area is 80.3 Å². The maximum atomic E-state index is 13.0. The van der Waals surface area contributed by atoms with E-state index in [-0.39, 0.29) is 0 Å². The molecule has 13 heavy (non-hydrogen) atoms. The van der Waals surface area contributed by atoms with Crippen LogP contribution in [0.2, 0.25) is 0 Å². The molecule has 0 radical (unpaired) electrons. The Morgan fingerprint density at radius 1 is 1.31 bits per heavy atom. The van der Waals surface area contributed by atoms with E-state index in [9.17, 15) is 8.78 Å². The fourth-order valence-electron chi connectivity index (χ4n) is 0.904. The zero-order chi connectivity index (χ0) is 9.68. The van der Waals surface area contributed by atoms with Crippen LogP contribution in [-0.4, -0.2) is 12.3 Å². The van der Waals surface area contributed by atoms with Crippen molar-refractivity contribution in [2.24, 2.45) is 5.73 Å². The van der Waals surface area contributed by atoms with Crippen LogP contribution in [0.4, 0.5) is 8.78 Å². The van der Waals surface area contributed by atoms with E-state index in [4.69, 9.17) is 5.73 Å². The zero-order valence-corrected chi connectivity index (χ0v) is 7.91. The van der Waals surface area contributed by atoms with Crippen molar-refractivity contribution in [3.8, 4) is 0 Å². The standard InChI is InChI=1S/C9H11F2NS/c10-8-2-1-7(9(11)5-8)6-13-4-3-12/h1-2,5H,3-4,6,12H2. The number of thioether (sulfide) groups is 1. The lowest BCUT2D eigenvalue weighted by atomic mass is 10.2. The van der Waals surface area contributed by atoms with Gasteiger partial charge in [0.15, 0.2) is 0 Å². The third kappa shape index (κ3) is 3.32. The molecule has 4 heteroatoms. The summed E-state index contributed by atoms with van der Waals surface area (Å²) in [6, 6.07) is 3.63. The van der Waals surface area contributed by atoms with Crippen molar-refractivity contribution >= 4 is 11.8 Å². The van der Waals surface area contributed by atoms with Crippen molar-refractivity contribution in [2.45, 2.75) is 5.75 Å². The van der Waals surface area contributed by atoms with Gasteiger partial charge in [-0.1, -0.05) is 6.07 Å². The van der Waals surface area contributed by atoms with E-state index in [1.807, 2.05) is 0 Å². The minimum absolute atomic E-state index is 0.482.